The first kappa shape index (κ1) is 13.6. The molecule has 0 aliphatic carbocycles. The number of aromatic nitrogens is 2. The Morgan fingerprint density at radius 2 is 1.41 bits per heavy atom. The molecule has 3 aromatic rings. The Balaban J connectivity index is 2.19. The fourth-order valence-corrected chi connectivity index (χ4v) is 2.49. The normalized spacial score (nSPS) is 9.95. The van der Waals surface area contributed by atoms with Gasteiger partial charge in [-0.2, -0.15) is 10.5 Å². The van der Waals surface area contributed by atoms with E-state index in [0.717, 1.165) is 16.8 Å². The van der Waals surface area contributed by atoms with Crippen LogP contribution >= 0.6 is 0 Å². The summed E-state index contributed by atoms with van der Waals surface area (Å²) in [7, 11) is 1.89. The molecule has 0 saturated carbocycles. The van der Waals surface area contributed by atoms with Gasteiger partial charge in [-0.25, -0.2) is 4.98 Å². The van der Waals surface area contributed by atoms with Crippen molar-refractivity contribution in [3.05, 3.63) is 65.9 Å². The van der Waals surface area contributed by atoms with Crippen molar-refractivity contribution in [1.29, 1.82) is 10.5 Å². The van der Waals surface area contributed by atoms with E-state index in [1.54, 1.807) is 18.3 Å². The Labute approximate surface area is 128 Å². The van der Waals surface area contributed by atoms with E-state index < -0.39 is 0 Å². The molecule has 22 heavy (non-hydrogen) atoms. The highest BCUT2D eigenvalue weighted by atomic mass is 15.1. The molecule has 1 aromatic heterocycles. The van der Waals surface area contributed by atoms with Gasteiger partial charge in [-0.05, 0) is 18.2 Å². The van der Waals surface area contributed by atoms with Crippen molar-refractivity contribution >= 4 is 0 Å². The number of nitriles is 2. The maximum Gasteiger partial charge on any atom is 0.141 e. The number of imidazole rings is 1. The maximum atomic E-state index is 9.25. The van der Waals surface area contributed by atoms with Gasteiger partial charge in [0.25, 0.3) is 0 Å². The molecule has 2 aromatic carbocycles. The summed E-state index contributed by atoms with van der Waals surface area (Å²) in [5.74, 6) is 0.708. The van der Waals surface area contributed by atoms with Crippen LogP contribution in [0.5, 0.6) is 0 Å². The van der Waals surface area contributed by atoms with Gasteiger partial charge in [0.15, 0.2) is 0 Å². The van der Waals surface area contributed by atoms with Crippen molar-refractivity contribution in [3.63, 3.8) is 0 Å². The first-order valence-electron chi connectivity index (χ1n) is 6.77. The zero-order valence-corrected chi connectivity index (χ0v) is 12.0. The van der Waals surface area contributed by atoms with Gasteiger partial charge in [0.05, 0.1) is 35.2 Å². The number of hydrogen-bond donors (Lipinski definition) is 0. The zero-order valence-electron chi connectivity index (χ0n) is 12.0. The SMILES string of the molecule is Cn1c(-c2ccccc2C#N)cnc1-c1ccccc1C#N. The molecule has 0 amide bonds. The van der Waals surface area contributed by atoms with E-state index in [2.05, 4.69) is 17.1 Å². The maximum absolute atomic E-state index is 9.25. The fraction of sp³-hybridized carbons (Fsp3) is 0.0556. The van der Waals surface area contributed by atoms with E-state index in [1.165, 1.54) is 0 Å². The monoisotopic (exact) mass is 284 g/mol. The van der Waals surface area contributed by atoms with Crippen LogP contribution in [0.1, 0.15) is 11.1 Å². The summed E-state index contributed by atoms with van der Waals surface area (Å²) in [5.41, 5.74) is 3.65. The molecule has 1 heterocycles. The lowest BCUT2D eigenvalue weighted by atomic mass is 10.1. The van der Waals surface area contributed by atoms with E-state index in [9.17, 15) is 10.5 Å². The second-order valence-electron chi connectivity index (χ2n) is 4.84. The summed E-state index contributed by atoms with van der Waals surface area (Å²) in [6.07, 6.45) is 1.74. The minimum absolute atomic E-state index is 0.580. The smallest absolute Gasteiger partial charge is 0.141 e. The van der Waals surface area contributed by atoms with E-state index in [1.807, 2.05) is 48.0 Å². The molecule has 3 rings (SSSR count). The van der Waals surface area contributed by atoms with E-state index in [-0.39, 0.29) is 0 Å². The third-order valence-electron chi connectivity index (χ3n) is 3.60. The van der Waals surface area contributed by atoms with Gasteiger partial charge in [0.1, 0.15) is 5.82 Å². The van der Waals surface area contributed by atoms with Crippen molar-refractivity contribution in [1.82, 2.24) is 9.55 Å². The predicted octanol–water partition coefficient (Wildman–Crippen LogP) is 3.50. The van der Waals surface area contributed by atoms with Crippen molar-refractivity contribution < 1.29 is 0 Å². The highest BCUT2D eigenvalue weighted by molar-refractivity contribution is 5.72. The average molecular weight is 284 g/mol. The molecule has 104 valence electrons. The Morgan fingerprint density at radius 3 is 2.05 bits per heavy atom. The lowest BCUT2D eigenvalue weighted by molar-refractivity contribution is 0.932. The second kappa shape index (κ2) is 5.55. The Hall–Kier alpha value is -3.37. The molecular weight excluding hydrogens is 272 g/mol. The Kier molecular flexibility index (Phi) is 3.43. The van der Waals surface area contributed by atoms with Crippen LogP contribution in [0, 0.1) is 22.7 Å². The predicted molar refractivity (Wildman–Crippen MR) is 83.5 cm³/mol. The molecule has 0 unspecified atom stereocenters. The third kappa shape index (κ3) is 2.13. The van der Waals surface area contributed by atoms with E-state index in [4.69, 9.17) is 0 Å². The topological polar surface area (TPSA) is 65.4 Å². The summed E-state index contributed by atoms with van der Waals surface area (Å²) in [5, 5.41) is 18.5. The van der Waals surface area contributed by atoms with Crippen LogP contribution in [-0.4, -0.2) is 9.55 Å². The van der Waals surface area contributed by atoms with Crippen molar-refractivity contribution in [2.75, 3.05) is 0 Å². The summed E-state index contributed by atoms with van der Waals surface area (Å²) < 4.78 is 1.91. The van der Waals surface area contributed by atoms with Gasteiger partial charge in [0.2, 0.25) is 0 Å². The molecule has 0 aliphatic heterocycles. The average Bonchev–Trinajstić information content (AvgIpc) is 2.96. The highest BCUT2D eigenvalue weighted by Crippen LogP contribution is 2.28. The molecule has 0 radical (unpaired) electrons. The molecule has 0 atom stereocenters. The van der Waals surface area contributed by atoms with Gasteiger partial charge in [-0.15, -0.1) is 0 Å². The number of nitrogens with zero attached hydrogens (tertiary/aromatic N) is 4. The lowest BCUT2D eigenvalue weighted by Gasteiger charge is -2.08. The standard InChI is InChI=1S/C18H12N4/c1-22-17(15-8-4-2-6-13(15)10-19)12-21-18(22)16-9-5-3-7-14(16)11-20/h2-9,12H,1H3. The lowest BCUT2D eigenvalue weighted by Crippen LogP contribution is -1.98. The van der Waals surface area contributed by atoms with Crippen molar-refractivity contribution in [2.45, 2.75) is 0 Å². The first-order chi connectivity index (χ1) is 10.8. The summed E-state index contributed by atoms with van der Waals surface area (Å²) in [4.78, 5) is 4.45. The molecule has 0 spiro atoms. The van der Waals surface area contributed by atoms with Crippen LogP contribution < -0.4 is 0 Å². The van der Waals surface area contributed by atoms with Crippen LogP contribution in [-0.2, 0) is 7.05 Å². The summed E-state index contributed by atoms with van der Waals surface area (Å²) in [6, 6.07) is 19.2. The van der Waals surface area contributed by atoms with Gasteiger partial charge in [-0.3, -0.25) is 0 Å². The molecule has 0 aliphatic rings. The third-order valence-corrected chi connectivity index (χ3v) is 3.60. The number of rotatable bonds is 2. The molecule has 0 fully saturated rings. The fourth-order valence-electron chi connectivity index (χ4n) is 2.49. The summed E-state index contributed by atoms with van der Waals surface area (Å²) >= 11 is 0. The van der Waals surface area contributed by atoms with Crippen LogP contribution in [0.15, 0.2) is 54.7 Å². The van der Waals surface area contributed by atoms with Gasteiger partial charge in [0, 0.05) is 18.2 Å². The molecule has 4 nitrogen and oxygen atoms in total. The molecule has 0 N–H and O–H groups in total. The molecular formula is C18H12N4. The Bertz CT molecular complexity index is 848. The zero-order chi connectivity index (χ0) is 15.5. The van der Waals surface area contributed by atoms with Crippen LogP contribution in [0.4, 0.5) is 0 Å². The van der Waals surface area contributed by atoms with Crippen LogP contribution in [0.25, 0.3) is 22.6 Å². The van der Waals surface area contributed by atoms with Gasteiger partial charge >= 0.3 is 0 Å². The highest BCUT2D eigenvalue weighted by Gasteiger charge is 2.15. The minimum atomic E-state index is 0.580. The first-order valence-corrected chi connectivity index (χ1v) is 6.77. The van der Waals surface area contributed by atoms with Crippen LogP contribution in [0.2, 0.25) is 0 Å². The second-order valence-corrected chi connectivity index (χ2v) is 4.84. The molecule has 0 saturated heterocycles. The van der Waals surface area contributed by atoms with Crippen molar-refractivity contribution in [2.24, 2.45) is 7.05 Å². The molecule has 0 bridgehead atoms. The minimum Gasteiger partial charge on any atom is -0.327 e. The number of benzene rings is 2. The number of hydrogen-bond acceptors (Lipinski definition) is 3. The molecule has 4 heteroatoms. The summed E-state index contributed by atoms with van der Waals surface area (Å²) in [6.45, 7) is 0. The largest absolute Gasteiger partial charge is 0.327 e. The van der Waals surface area contributed by atoms with Gasteiger partial charge < -0.3 is 4.57 Å². The quantitative estimate of drug-likeness (QED) is 0.723. The van der Waals surface area contributed by atoms with Crippen LogP contribution in [0.3, 0.4) is 0 Å². The van der Waals surface area contributed by atoms with E-state index in [0.29, 0.717) is 17.0 Å². The Morgan fingerprint density at radius 1 is 0.864 bits per heavy atom. The van der Waals surface area contributed by atoms with Crippen molar-refractivity contribution in [3.8, 4) is 34.8 Å². The van der Waals surface area contributed by atoms with E-state index >= 15 is 0 Å². The van der Waals surface area contributed by atoms with Gasteiger partial charge in [-0.1, -0.05) is 30.3 Å².